The Morgan fingerprint density at radius 3 is 2.82 bits per heavy atom. The Kier molecular flexibility index (Phi) is 3.96. The van der Waals surface area contributed by atoms with E-state index in [1.807, 2.05) is 13.1 Å². The monoisotopic (exact) mass is 321 g/mol. The van der Waals surface area contributed by atoms with E-state index in [9.17, 15) is 8.42 Å². The van der Waals surface area contributed by atoms with Gasteiger partial charge in [0.1, 0.15) is 5.69 Å². The molecule has 0 aromatic carbocycles. The lowest BCUT2D eigenvalue weighted by molar-refractivity contribution is 0.314. The molecule has 1 saturated heterocycles. The van der Waals surface area contributed by atoms with Crippen LogP contribution in [0.1, 0.15) is 24.5 Å². The molecule has 3 rings (SSSR count). The van der Waals surface area contributed by atoms with Crippen molar-refractivity contribution in [2.45, 2.75) is 18.8 Å². The first-order valence-electron chi connectivity index (χ1n) is 7.20. The summed E-state index contributed by atoms with van der Waals surface area (Å²) in [6, 6.07) is 1.89. The van der Waals surface area contributed by atoms with Crippen LogP contribution in [0.3, 0.4) is 0 Å². The van der Waals surface area contributed by atoms with Gasteiger partial charge in [0.25, 0.3) is 0 Å². The summed E-state index contributed by atoms with van der Waals surface area (Å²) in [7, 11) is -1.30. The quantitative estimate of drug-likeness (QED) is 0.843. The van der Waals surface area contributed by atoms with Crippen LogP contribution in [0.15, 0.2) is 24.7 Å². The van der Waals surface area contributed by atoms with Crippen LogP contribution in [0.4, 0.5) is 0 Å². The minimum Gasteiger partial charge on any atom is -0.266 e. The maximum atomic E-state index is 11.7. The molecule has 0 bridgehead atoms. The zero-order valence-electron chi connectivity index (χ0n) is 12.7. The molecule has 0 aliphatic carbocycles. The Bertz CT molecular complexity index is 771. The maximum Gasteiger partial charge on any atom is 0.211 e. The molecule has 1 aliphatic rings. The molecule has 8 heteroatoms. The highest BCUT2D eigenvalue weighted by atomic mass is 32.2. The van der Waals surface area contributed by atoms with Gasteiger partial charge >= 0.3 is 0 Å². The van der Waals surface area contributed by atoms with Crippen LogP contribution in [0.25, 0.3) is 11.4 Å². The predicted octanol–water partition coefficient (Wildman–Crippen LogP) is 1.02. The van der Waals surface area contributed by atoms with E-state index in [1.165, 1.54) is 10.6 Å². The fraction of sp³-hybridized carbons (Fsp3) is 0.500. The number of aryl methyl sites for hydroxylation is 1. The van der Waals surface area contributed by atoms with Gasteiger partial charge < -0.3 is 0 Å². The van der Waals surface area contributed by atoms with Crippen LogP contribution < -0.4 is 0 Å². The summed E-state index contributed by atoms with van der Waals surface area (Å²) >= 11 is 0. The van der Waals surface area contributed by atoms with Gasteiger partial charge in [0.15, 0.2) is 0 Å². The zero-order valence-corrected chi connectivity index (χ0v) is 13.5. The van der Waals surface area contributed by atoms with E-state index in [0.717, 1.165) is 29.9 Å². The van der Waals surface area contributed by atoms with Crippen LogP contribution in [-0.2, 0) is 17.1 Å². The fourth-order valence-electron chi connectivity index (χ4n) is 2.81. The van der Waals surface area contributed by atoms with Crippen LogP contribution >= 0.6 is 0 Å². The van der Waals surface area contributed by atoms with E-state index in [0.29, 0.717) is 13.1 Å². The third-order valence-electron chi connectivity index (χ3n) is 4.01. The second-order valence-corrected chi connectivity index (χ2v) is 7.61. The highest BCUT2D eigenvalue weighted by molar-refractivity contribution is 7.88. The average molecular weight is 321 g/mol. The standard InChI is InChI=1S/C14H19N5O2S/c1-18-14(5-6-16-18)13-9-15-8-12(17-13)11-4-3-7-19(10-11)22(2,20)21/h5-6,8-9,11H,3-4,7,10H2,1-2H3/t11-/m0/s1. The summed E-state index contributed by atoms with van der Waals surface area (Å²) in [5.41, 5.74) is 2.49. The van der Waals surface area contributed by atoms with Crippen molar-refractivity contribution in [3.63, 3.8) is 0 Å². The predicted molar refractivity (Wildman–Crippen MR) is 82.6 cm³/mol. The molecule has 0 spiro atoms. The van der Waals surface area contributed by atoms with Gasteiger partial charge in [-0.05, 0) is 18.9 Å². The van der Waals surface area contributed by atoms with Crippen LogP contribution in [0.2, 0.25) is 0 Å². The highest BCUT2D eigenvalue weighted by Crippen LogP contribution is 2.27. The van der Waals surface area contributed by atoms with Gasteiger partial charge in [-0.25, -0.2) is 17.7 Å². The molecule has 1 atom stereocenters. The molecule has 118 valence electrons. The Hall–Kier alpha value is -1.80. The van der Waals surface area contributed by atoms with Gasteiger partial charge in [-0.15, -0.1) is 0 Å². The van der Waals surface area contributed by atoms with E-state index in [-0.39, 0.29) is 5.92 Å². The first-order valence-corrected chi connectivity index (χ1v) is 9.05. The van der Waals surface area contributed by atoms with Crippen molar-refractivity contribution in [1.29, 1.82) is 0 Å². The summed E-state index contributed by atoms with van der Waals surface area (Å²) in [5, 5.41) is 4.14. The van der Waals surface area contributed by atoms with E-state index in [4.69, 9.17) is 0 Å². The van der Waals surface area contributed by atoms with E-state index < -0.39 is 10.0 Å². The first-order chi connectivity index (χ1) is 10.4. The molecule has 0 saturated carbocycles. The van der Waals surface area contributed by atoms with Gasteiger partial charge in [0.05, 0.1) is 23.8 Å². The molecular formula is C14H19N5O2S. The molecule has 0 unspecified atom stereocenters. The number of aromatic nitrogens is 4. The largest absolute Gasteiger partial charge is 0.266 e. The number of sulfonamides is 1. The van der Waals surface area contributed by atoms with Gasteiger partial charge in [-0.1, -0.05) is 0 Å². The molecule has 2 aromatic heterocycles. The Morgan fingerprint density at radius 1 is 1.32 bits per heavy atom. The average Bonchev–Trinajstić information content (AvgIpc) is 2.93. The van der Waals surface area contributed by atoms with Crippen LogP contribution in [0.5, 0.6) is 0 Å². The lowest BCUT2D eigenvalue weighted by Crippen LogP contribution is -2.38. The second-order valence-electron chi connectivity index (χ2n) is 5.63. The van der Waals surface area contributed by atoms with Crippen molar-refractivity contribution in [3.05, 3.63) is 30.4 Å². The third-order valence-corrected chi connectivity index (χ3v) is 5.28. The first kappa shape index (κ1) is 15.1. The summed E-state index contributed by atoms with van der Waals surface area (Å²) in [5.74, 6) is 0.0872. The van der Waals surface area contributed by atoms with Crippen molar-refractivity contribution in [2.24, 2.45) is 7.05 Å². The van der Waals surface area contributed by atoms with Gasteiger partial charge in [-0.3, -0.25) is 9.67 Å². The Labute approximate surface area is 130 Å². The van der Waals surface area contributed by atoms with E-state index >= 15 is 0 Å². The van der Waals surface area contributed by atoms with Crippen LogP contribution in [0, 0.1) is 0 Å². The Morgan fingerprint density at radius 2 is 2.14 bits per heavy atom. The molecule has 7 nitrogen and oxygen atoms in total. The second kappa shape index (κ2) is 5.77. The molecule has 3 heterocycles. The lowest BCUT2D eigenvalue weighted by Gasteiger charge is -2.30. The smallest absolute Gasteiger partial charge is 0.211 e. The van der Waals surface area contributed by atoms with Crippen molar-refractivity contribution in [1.82, 2.24) is 24.1 Å². The number of hydrogen-bond acceptors (Lipinski definition) is 5. The normalized spacial score (nSPS) is 20.2. The molecule has 2 aromatic rings. The van der Waals surface area contributed by atoms with Crippen molar-refractivity contribution >= 4 is 10.0 Å². The molecule has 1 aliphatic heterocycles. The number of nitrogens with zero attached hydrogens (tertiary/aromatic N) is 5. The summed E-state index contributed by atoms with van der Waals surface area (Å²) < 4.78 is 26.8. The van der Waals surface area contributed by atoms with E-state index in [1.54, 1.807) is 23.3 Å². The topological polar surface area (TPSA) is 81.0 Å². The minimum absolute atomic E-state index is 0.0872. The van der Waals surface area contributed by atoms with Crippen molar-refractivity contribution < 1.29 is 8.42 Å². The van der Waals surface area contributed by atoms with Gasteiger partial charge in [0.2, 0.25) is 10.0 Å². The number of hydrogen-bond donors (Lipinski definition) is 0. The molecule has 22 heavy (non-hydrogen) atoms. The van der Waals surface area contributed by atoms with Gasteiger partial charge in [0, 0.05) is 38.4 Å². The Balaban J connectivity index is 1.88. The number of piperidine rings is 1. The maximum absolute atomic E-state index is 11.7. The highest BCUT2D eigenvalue weighted by Gasteiger charge is 2.28. The SMILES string of the molecule is Cn1nccc1-c1cncc([C@H]2CCCN(S(C)(=O)=O)C2)n1. The summed E-state index contributed by atoms with van der Waals surface area (Å²) in [4.78, 5) is 8.94. The summed E-state index contributed by atoms with van der Waals surface area (Å²) in [6.45, 7) is 1.06. The van der Waals surface area contributed by atoms with Crippen molar-refractivity contribution in [2.75, 3.05) is 19.3 Å². The number of rotatable bonds is 3. The van der Waals surface area contributed by atoms with Crippen molar-refractivity contribution in [3.8, 4) is 11.4 Å². The lowest BCUT2D eigenvalue weighted by atomic mass is 9.96. The molecule has 0 amide bonds. The van der Waals surface area contributed by atoms with Crippen LogP contribution in [-0.4, -0.2) is 51.8 Å². The minimum atomic E-state index is -3.16. The molecule has 0 radical (unpaired) electrons. The molecule has 1 fully saturated rings. The van der Waals surface area contributed by atoms with Gasteiger partial charge in [-0.2, -0.15) is 5.10 Å². The third kappa shape index (κ3) is 3.02. The zero-order chi connectivity index (χ0) is 15.7. The summed E-state index contributed by atoms with van der Waals surface area (Å²) in [6.07, 6.45) is 8.18. The molecule has 0 N–H and O–H groups in total. The molecular weight excluding hydrogens is 302 g/mol. The van der Waals surface area contributed by atoms with E-state index in [2.05, 4.69) is 15.1 Å². The fourth-order valence-corrected chi connectivity index (χ4v) is 3.72.